The summed E-state index contributed by atoms with van der Waals surface area (Å²) in [6.07, 6.45) is 2.53. The lowest BCUT2D eigenvalue weighted by Gasteiger charge is -2.06. The fourth-order valence-corrected chi connectivity index (χ4v) is 2.38. The zero-order chi connectivity index (χ0) is 15.2. The number of hydrogen-bond acceptors (Lipinski definition) is 4. The van der Waals surface area contributed by atoms with Gasteiger partial charge in [0.25, 0.3) is 0 Å². The highest BCUT2D eigenvalue weighted by atomic mass is 32.1. The maximum atomic E-state index is 13.4. The number of aliphatic carboxylic acids is 1. The number of rotatable bonds is 5. The molecule has 0 bridgehead atoms. The molecule has 106 valence electrons. The van der Waals surface area contributed by atoms with E-state index in [0.717, 1.165) is 22.6 Å². The Morgan fingerprint density at radius 2 is 2.29 bits per heavy atom. The minimum absolute atomic E-state index is 0.0384. The topological polar surface area (TPSA) is 70.3 Å². The Kier molecular flexibility index (Phi) is 4.69. The molecule has 0 atom stereocenters. The molecule has 0 saturated carbocycles. The van der Waals surface area contributed by atoms with Crippen molar-refractivity contribution in [1.82, 2.24) is 0 Å². The van der Waals surface area contributed by atoms with E-state index < -0.39 is 11.8 Å². The molecule has 0 aliphatic carbocycles. The highest BCUT2D eigenvalue weighted by Gasteiger charge is 2.06. The number of carboxylic acid groups (broad SMARTS) is 1. The van der Waals surface area contributed by atoms with E-state index in [9.17, 15) is 9.18 Å². The van der Waals surface area contributed by atoms with Crippen LogP contribution in [-0.2, 0) is 11.4 Å². The summed E-state index contributed by atoms with van der Waals surface area (Å²) < 4.78 is 18.9. The van der Waals surface area contributed by atoms with Crippen molar-refractivity contribution in [1.29, 1.82) is 5.26 Å². The number of nitrogens with zero attached hydrogens (tertiary/aromatic N) is 1. The second kappa shape index (κ2) is 6.68. The maximum absolute atomic E-state index is 13.4. The Hall–Kier alpha value is -2.65. The molecule has 2 aromatic rings. The van der Waals surface area contributed by atoms with Gasteiger partial charge in [0, 0.05) is 17.0 Å². The molecule has 0 fully saturated rings. The summed E-state index contributed by atoms with van der Waals surface area (Å²) in [7, 11) is 0. The number of carboxylic acids is 1. The molecular weight excluding hydrogens is 293 g/mol. The molecule has 0 spiro atoms. The SMILES string of the molecule is N#Cc1ccc(OCc2sccc2/C=C/C(=O)O)cc1F. The standard InChI is InChI=1S/C15H10FNO3S/c16-13-7-12(3-1-11(13)8-17)20-9-14-10(5-6-21-14)2-4-15(18)19/h1-7H,9H2,(H,18,19)/b4-2+. The number of nitriles is 1. The molecule has 0 aliphatic heterocycles. The van der Waals surface area contributed by atoms with Crippen molar-refractivity contribution < 1.29 is 19.0 Å². The molecule has 1 N–H and O–H groups in total. The van der Waals surface area contributed by atoms with Crippen LogP contribution in [0.25, 0.3) is 6.08 Å². The van der Waals surface area contributed by atoms with E-state index in [1.54, 1.807) is 12.1 Å². The van der Waals surface area contributed by atoms with E-state index in [2.05, 4.69) is 0 Å². The first-order chi connectivity index (χ1) is 10.1. The van der Waals surface area contributed by atoms with Crippen molar-refractivity contribution in [3.05, 3.63) is 57.5 Å². The van der Waals surface area contributed by atoms with Gasteiger partial charge < -0.3 is 9.84 Å². The van der Waals surface area contributed by atoms with E-state index in [-0.39, 0.29) is 12.2 Å². The average molecular weight is 303 g/mol. The van der Waals surface area contributed by atoms with Crippen molar-refractivity contribution in [2.45, 2.75) is 6.61 Å². The monoisotopic (exact) mass is 303 g/mol. The molecule has 2 rings (SSSR count). The largest absolute Gasteiger partial charge is 0.488 e. The molecule has 0 amide bonds. The van der Waals surface area contributed by atoms with Gasteiger partial charge in [0.2, 0.25) is 0 Å². The van der Waals surface area contributed by atoms with Crippen molar-refractivity contribution in [3.63, 3.8) is 0 Å². The van der Waals surface area contributed by atoms with E-state index in [4.69, 9.17) is 15.1 Å². The molecule has 1 heterocycles. The molecular formula is C15H10FNO3S. The number of hydrogen-bond donors (Lipinski definition) is 1. The quantitative estimate of drug-likeness (QED) is 0.859. The van der Waals surface area contributed by atoms with Crippen molar-refractivity contribution in [3.8, 4) is 11.8 Å². The molecule has 1 aromatic heterocycles. The maximum Gasteiger partial charge on any atom is 0.328 e. The van der Waals surface area contributed by atoms with Gasteiger partial charge in [0.05, 0.1) is 5.56 Å². The third-order valence-corrected chi connectivity index (χ3v) is 3.53. The molecule has 0 aliphatic rings. The first-order valence-electron chi connectivity index (χ1n) is 5.90. The third-order valence-electron chi connectivity index (χ3n) is 2.62. The lowest BCUT2D eigenvalue weighted by Crippen LogP contribution is -1.96. The second-order valence-corrected chi connectivity index (χ2v) is 5.01. The van der Waals surface area contributed by atoms with Crippen LogP contribution in [0.1, 0.15) is 16.0 Å². The molecule has 1 aromatic carbocycles. The predicted octanol–water partition coefficient (Wildman–Crippen LogP) is 3.44. The predicted molar refractivity (Wildman–Crippen MR) is 76.4 cm³/mol. The molecule has 4 nitrogen and oxygen atoms in total. The van der Waals surface area contributed by atoms with Gasteiger partial charge in [-0.3, -0.25) is 0 Å². The van der Waals surface area contributed by atoms with Crippen molar-refractivity contribution in [2.75, 3.05) is 0 Å². The highest BCUT2D eigenvalue weighted by Crippen LogP contribution is 2.22. The van der Waals surface area contributed by atoms with Crippen LogP contribution < -0.4 is 4.74 Å². The lowest BCUT2D eigenvalue weighted by molar-refractivity contribution is -0.131. The summed E-state index contributed by atoms with van der Waals surface area (Å²) in [6.45, 7) is 0.197. The van der Waals surface area contributed by atoms with Gasteiger partial charge in [-0.1, -0.05) is 0 Å². The van der Waals surface area contributed by atoms with Gasteiger partial charge in [0.1, 0.15) is 24.2 Å². The normalized spacial score (nSPS) is 10.5. The molecule has 6 heteroatoms. The molecule has 0 saturated heterocycles. The Morgan fingerprint density at radius 3 is 2.95 bits per heavy atom. The summed E-state index contributed by atoms with van der Waals surface area (Å²) in [4.78, 5) is 11.3. The second-order valence-electron chi connectivity index (χ2n) is 4.01. The van der Waals surface area contributed by atoms with Gasteiger partial charge in [-0.2, -0.15) is 5.26 Å². The number of thiophene rings is 1. The van der Waals surface area contributed by atoms with Gasteiger partial charge in [-0.25, -0.2) is 9.18 Å². The molecule has 0 unspecified atom stereocenters. The fraction of sp³-hybridized carbons (Fsp3) is 0.0667. The van der Waals surface area contributed by atoms with Gasteiger partial charge in [-0.15, -0.1) is 11.3 Å². The zero-order valence-electron chi connectivity index (χ0n) is 10.7. The van der Waals surface area contributed by atoms with Crippen LogP contribution >= 0.6 is 11.3 Å². The van der Waals surface area contributed by atoms with Crippen molar-refractivity contribution in [2.24, 2.45) is 0 Å². The van der Waals surface area contributed by atoms with E-state index >= 15 is 0 Å². The van der Waals surface area contributed by atoms with E-state index in [1.807, 2.05) is 5.38 Å². The summed E-state index contributed by atoms with van der Waals surface area (Å²) >= 11 is 1.42. The summed E-state index contributed by atoms with van der Waals surface area (Å²) in [6, 6.07) is 7.53. The number of halogens is 1. The number of carbonyl (C=O) groups is 1. The first-order valence-corrected chi connectivity index (χ1v) is 6.78. The molecule has 0 radical (unpaired) electrons. The zero-order valence-corrected chi connectivity index (χ0v) is 11.6. The number of ether oxygens (including phenoxy) is 1. The third kappa shape index (κ3) is 3.91. The van der Waals surface area contributed by atoms with Gasteiger partial charge in [0.15, 0.2) is 0 Å². The average Bonchev–Trinajstić information content (AvgIpc) is 2.90. The van der Waals surface area contributed by atoms with Gasteiger partial charge in [-0.05, 0) is 35.2 Å². The summed E-state index contributed by atoms with van der Waals surface area (Å²) in [5.74, 6) is -1.34. The Bertz CT molecular complexity index is 731. The highest BCUT2D eigenvalue weighted by molar-refractivity contribution is 7.10. The van der Waals surface area contributed by atoms with Crippen LogP contribution in [0, 0.1) is 17.1 Å². The van der Waals surface area contributed by atoms with Crippen LogP contribution in [0.15, 0.2) is 35.7 Å². The lowest BCUT2D eigenvalue weighted by atomic mass is 10.2. The first kappa shape index (κ1) is 14.8. The Balaban J connectivity index is 2.07. The van der Waals surface area contributed by atoms with Crippen molar-refractivity contribution >= 4 is 23.4 Å². The van der Waals surface area contributed by atoms with Crippen LogP contribution in [0.4, 0.5) is 4.39 Å². The number of benzene rings is 1. The minimum atomic E-state index is -1.03. The molecule has 21 heavy (non-hydrogen) atoms. The minimum Gasteiger partial charge on any atom is -0.488 e. The Morgan fingerprint density at radius 1 is 1.48 bits per heavy atom. The van der Waals surface area contributed by atoms with Gasteiger partial charge >= 0.3 is 5.97 Å². The van der Waals surface area contributed by atoms with Crippen LogP contribution in [0.2, 0.25) is 0 Å². The summed E-state index contributed by atoms with van der Waals surface area (Å²) in [5, 5.41) is 19.1. The van der Waals surface area contributed by atoms with Crippen LogP contribution in [0.3, 0.4) is 0 Å². The van der Waals surface area contributed by atoms with E-state index in [1.165, 1.54) is 29.5 Å². The smallest absolute Gasteiger partial charge is 0.328 e. The Labute approximate surface area is 124 Å². The fourth-order valence-electron chi connectivity index (χ4n) is 1.60. The summed E-state index contributed by atoms with van der Waals surface area (Å²) in [5.41, 5.74) is 0.708. The van der Waals surface area contributed by atoms with Crippen LogP contribution in [0.5, 0.6) is 5.75 Å². The van der Waals surface area contributed by atoms with E-state index in [0.29, 0.717) is 5.75 Å². The van der Waals surface area contributed by atoms with Crippen LogP contribution in [-0.4, -0.2) is 11.1 Å².